The Hall–Kier alpha value is -3.09. The molecule has 0 aliphatic heterocycles. The lowest BCUT2D eigenvalue weighted by Gasteiger charge is -2.11. The number of anilines is 1. The van der Waals surface area contributed by atoms with E-state index in [9.17, 15) is 14.4 Å². The smallest absolute Gasteiger partial charge is 0.339 e. The Balaban J connectivity index is 2.44. The lowest BCUT2D eigenvalue weighted by molar-refractivity contribution is 0.0587. The number of carbonyl (C=O) groups is 3. The van der Waals surface area contributed by atoms with Gasteiger partial charge < -0.3 is 19.2 Å². The number of methoxy groups -OCH3 is 2. The van der Waals surface area contributed by atoms with E-state index in [-0.39, 0.29) is 16.8 Å². The second-order valence-electron chi connectivity index (χ2n) is 5.05. The predicted molar refractivity (Wildman–Crippen MR) is 85.3 cm³/mol. The van der Waals surface area contributed by atoms with Gasteiger partial charge in [-0.05, 0) is 32.0 Å². The summed E-state index contributed by atoms with van der Waals surface area (Å²) in [5, 5.41) is 2.62. The summed E-state index contributed by atoms with van der Waals surface area (Å²) in [6.07, 6.45) is 1.47. The minimum atomic E-state index is -0.637. The summed E-state index contributed by atoms with van der Waals surface area (Å²) in [7, 11) is 2.47. The van der Waals surface area contributed by atoms with Crippen LogP contribution in [0.5, 0.6) is 0 Å². The molecule has 0 aliphatic rings. The van der Waals surface area contributed by atoms with Crippen LogP contribution in [0.3, 0.4) is 0 Å². The Morgan fingerprint density at radius 3 is 2.25 bits per heavy atom. The number of hydrogen-bond acceptors (Lipinski definition) is 6. The van der Waals surface area contributed by atoms with Crippen LogP contribution >= 0.6 is 0 Å². The Kier molecular flexibility index (Phi) is 5.03. The normalized spacial score (nSPS) is 10.2. The molecule has 0 unspecified atom stereocenters. The summed E-state index contributed by atoms with van der Waals surface area (Å²) in [5.74, 6) is -1.22. The first-order valence-corrected chi connectivity index (χ1v) is 7.05. The molecule has 0 atom stereocenters. The predicted octanol–water partition coefficient (Wildman–Crippen LogP) is 2.72. The number of ether oxygens (including phenoxy) is 2. The lowest BCUT2D eigenvalue weighted by atomic mass is 10.1. The molecule has 0 saturated carbocycles. The molecule has 0 bridgehead atoms. The number of amides is 1. The van der Waals surface area contributed by atoms with Crippen LogP contribution in [0, 0.1) is 13.8 Å². The first kappa shape index (κ1) is 17.3. The summed E-state index contributed by atoms with van der Waals surface area (Å²) in [5.41, 5.74) is 1.50. The average Bonchev–Trinajstić information content (AvgIpc) is 2.91. The number of aryl methyl sites for hydroxylation is 2. The second-order valence-corrected chi connectivity index (χ2v) is 5.05. The van der Waals surface area contributed by atoms with Crippen LogP contribution in [0.2, 0.25) is 0 Å². The van der Waals surface area contributed by atoms with Crippen molar-refractivity contribution in [3.63, 3.8) is 0 Å². The summed E-state index contributed by atoms with van der Waals surface area (Å²) in [6.45, 7) is 3.39. The molecular weight excluding hydrogens is 314 g/mol. The van der Waals surface area contributed by atoms with Gasteiger partial charge in [0, 0.05) is 5.56 Å². The molecule has 126 valence electrons. The number of esters is 2. The van der Waals surface area contributed by atoms with E-state index in [2.05, 4.69) is 10.1 Å². The highest BCUT2D eigenvalue weighted by Gasteiger charge is 2.21. The van der Waals surface area contributed by atoms with Crippen LogP contribution in [-0.4, -0.2) is 32.1 Å². The van der Waals surface area contributed by atoms with Crippen LogP contribution in [0.25, 0.3) is 0 Å². The zero-order valence-corrected chi connectivity index (χ0v) is 13.8. The van der Waals surface area contributed by atoms with Gasteiger partial charge in [-0.2, -0.15) is 0 Å². The molecule has 1 heterocycles. The Morgan fingerprint density at radius 1 is 1.04 bits per heavy atom. The van der Waals surface area contributed by atoms with Crippen molar-refractivity contribution in [1.82, 2.24) is 0 Å². The summed E-state index contributed by atoms with van der Waals surface area (Å²) in [4.78, 5) is 36.0. The minimum absolute atomic E-state index is 0.123. The Bertz CT molecular complexity index is 786. The van der Waals surface area contributed by atoms with Gasteiger partial charge in [0.15, 0.2) is 0 Å². The van der Waals surface area contributed by atoms with Crippen molar-refractivity contribution in [1.29, 1.82) is 0 Å². The minimum Gasteiger partial charge on any atom is -0.469 e. The highest BCUT2D eigenvalue weighted by molar-refractivity contribution is 6.10. The van der Waals surface area contributed by atoms with Crippen molar-refractivity contribution in [2.24, 2.45) is 0 Å². The van der Waals surface area contributed by atoms with Crippen molar-refractivity contribution in [3.05, 3.63) is 52.5 Å². The molecule has 2 aromatic rings. The van der Waals surface area contributed by atoms with E-state index in [1.165, 1.54) is 38.7 Å². The summed E-state index contributed by atoms with van der Waals surface area (Å²) < 4.78 is 14.6. The average molecular weight is 331 g/mol. The molecule has 7 heteroatoms. The molecule has 1 N–H and O–H groups in total. The molecule has 24 heavy (non-hydrogen) atoms. The van der Waals surface area contributed by atoms with E-state index in [0.717, 1.165) is 0 Å². The van der Waals surface area contributed by atoms with E-state index in [0.29, 0.717) is 16.9 Å². The maximum absolute atomic E-state index is 12.5. The number of carbonyl (C=O) groups excluding carboxylic acids is 3. The first-order chi connectivity index (χ1) is 11.4. The molecule has 2 rings (SSSR count). The van der Waals surface area contributed by atoms with Gasteiger partial charge in [0.25, 0.3) is 5.91 Å². The fourth-order valence-electron chi connectivity index (χ4n) is 2.28. The summed E-state index contributed by atoms with van der Waals surface area (Å²) in [6, 6.07) is 4.17. The van der Waals surface area contributed by atoms with Crippen LogP contribution < -0.4 is 5.32 Å². The number of rotatable bonds is 4. The number of nitrogens with one attached hydrogen (secondary N) is 1. The van der Waals surface area contributed by atoms with Crippen molar-refractivity contribution >= 4 is 23.5 Å². The Morgan fingerprint density at radius 2 is 1.71 bits per heavy atom. The molecule has 0 spiro atoms. The topological polar surface area (TPSA) is 94.8 Å². The van der Waals surface area contributed by atoms with Crippen molar-refractivity contribution < 1.29 is 28.3 Å². The Labute approximate surface area is 138 Å². The molecule has 0 saturated heterocycles. The molecule has 7 nitrogen and oxygen atoms in total. The van der Waals surface area contributed by atoms with Gasteiger partial charge in [0.2, 0.25) is 0 Å². The van der Waals surface area contributed by atoms with Gasteiger partial charge in [-0.3, -0.25) is 4.79 Å². The highest BCUT2D eigenvalue weighted by Crippen LogP contribution is 2.23. The zero-order valence-electron chi connectivity index (χ0n) is 13.8. The maximum atomic E-state index is 12.5. The largest absolute Gasteiger partial charge is 0.469 e. The number of furan rings is 1. The molecule has 1 aromatic carbocycles. The van der Waals surface area contributed by atoms with Gasteiger partial charge in [-0.25, -0.2) is 9.59 Å². The number of benzene rings is 1. The van der Waals surface area contributed by atoms with Crippen molar-refractivity contribution in [2.45, 2.75) is 13.8 Å². The number of hydrogen-bond donors (Lipinski definition) is 1. The molecule has 1 aromatic heterocycles. The van der Waals surface area contributed by atoms with Gasteiger partial charge in [0.1, 0.15) is 5.76 Å². The maximum Gasteiger partial charge on any atom is 0.339 e. The highest BCUT2D eigenvalue weighted by atomic mass is 16.5. The second kappa shape index (κ2) is 6.99. The van der Waals surface area contributed by atoms with E-state index in [1.54, 1.807) is 13.8 Å². The van der Waals surface area contributed by atoms with Gasteiger partial charge >= 0.3 is 11.9 Å². The van der Waals surface area contributed by atoms with Crippen LogP contribution in [0.15, 0.2) is 28.9 Å². The molecule has 1 amide bonds. The fraction of sp³-hybridized carbons (Fsp3) is 0.235. The van der Waals surface area contributed by atoms with Crippen molar-refractivity contribution in [3.8, 4) is 0 Å². The lowest BCUT2D eigenvalue weighted by Crippen LogP contribution is -2.17. The van der Waals surface area contributed by atoms with Gasteiger partial charge in [0.05, 0.1) is 42.9 Å². The van der Waals surface area contributed by atoms with Crippen LogP contribution in [-0.2, 0) is 9.47 Å². The van der Waals surface area contributed by atoms with Crippen molar-refractivity contribution in [2.75, 3.05) is 19.5 Å². The molecule has 0 fully saturated rings. The zero-order chi connectivity index (χ0) is 17.9. The van der Waals surface area contributed by atoms with Crippen LogP contribution in [0.1, 0.15) is 42.4 Å². The first-order valence-electron chi connectivity index (χ1n) is 7.05. The third-order valence-electron chi connectivity index (χ3n) is 3.48. The fourth-order valence-corrected chi connectivity index (χ4v) is 2.28. The third-order valence-corrected chi connectivity index (χ3v) is 3.48. The molecule has 0 aliphatic carbocycles. The standard InChI is InChI=1S/C17H17NO6/c1-9-8-24-10(2)14(9)15(19)18-13-7-11(16(20)22-3)5-6-12(13)17(21)23-4/h5-8H,1-4H3,(H,18,19). The van der Waals surface area contributed by atoms with Gasteiger partial charge in [-0.15, -0.1) is 0 Å². The van der Waals surface area contributed by atoms with Crippen LogP contribution in [0.4, 0.5) is 5.69 Å². The monoisotopic (exact) mass is 331 g/mol. The van der Waals surface area contributed by atoms with E-state index in [4.69, 9.17) is 9.15 Å². The molecular formula is C17H17NO6. The summed E-state index contributed by atoms with van der Waals surface area (Å²) >= 11 is 0. The molecule has 0 radical (unpaired) electrons. The third kappa shape index (κ3) is 3.29. The van der Waals surface area contributed by atoms with E-state index < -0.39 is 17.8 Å². The SMILES string of the molecule is COC(=O)c1ccc(C(=O)OC)c(NC(=O)c2c(C)coc2C)c1. The van der Waals surface area contributed by atoms with Gasteiger partial charge in [-0.1, -0.05) is 0 Å². The van der Waals surface area contributed by atoms with E-state index >= 15 is 0 Å². The quantitative estimate of drug-likeness (QED) is 0.866. The van der Waals surface area contributed by atoms with E-state index in [1.807, 2.05) is 0 Å².